The van der Waals surface area contributed by atoms with Crippen LogP contribution in [-0.2, 0) is 10.1 Å². The molecule has 0 saturated heterocycles. The highest BCUT2D eigenvalue weighted by Gasteiger charge is 2.12. The normalized spacial score (nSPS) is 13.4. The summed E-state index contributed by atoms with van der Waals surface area (Å²) >= 11 is 5.38. The highest BCUT2D eigenvalue weighted by Crippen LogP contribution is 2.26. The van der Waals surface area contributed by atoms with E-state index in [0.717, 1.165) is 12.1 Å². The van der Waals surface area contributed by atoms with Crippen LogP contribution in [0.1, 0.15) is 0 Å². The van der Waals surface area contributed by atoms with Gasteiger partial charge in [-0.25, -0.2) is 0 Å². The molecule has 0 saturated carbocycles. The molecule has 96 valence electrons. The van der Waals surface area contributed by atoms with E-state index in [-0.39, 0.29) is 23.9 Å². The SMILES string of the molecule is O=S(=O)(O)c1ccc(NCC(O)CCl)c(O)c1. The van der Waals surface area contributed by atoms with Gasteiger partial charge in [-0.1, -0.05) is 0 Å². The Hall–Kier alpha value is -1.02. The molecule has 17 heavy (non-hydrogen) atoms. The molecule has 8 heteroatoms. The fraction of sp³-hybridized carbons (Fsp3) is 0.333. The average molecular weight is 282 g/mol. The number of rotatable bonds is 5. The van der Waals surface area contributed by atoms with E-state index in [9.17, 15) is 18.6 Å². The van der Waals surface area contributed by atoms with Crippen LogP contribution in [0.4, 0.5) is 5.69 Å². The molecular formula is C9H12ClNO5S. The van der Waals surface area contributed by atoms with Gasteiger partial charge in [0.2, 0.25) is 0 Å². The minimum Gasteiger partial charge on any atom is -0.506 e. The molecular weight excluding hydrogens is 270 g/mol. The third kappa shape index (κ3) is 4.04. The molecule has 4 N–H and O–H groups in total. The Bertz CT molecular complexity index is 490. The summed E-state index contributed by atoms with van der Waals surface area (Å²) in [7, 11) is -4.34. The van der Waals surface area contributed by atoms with E-state index < -0.39 is 21.1 Å². The molecule has 0 aliphatic rings. The number of aromatic hydroxyl groups is 1. The fourth-order valence-corrected chi connectivity index (χ4v) is 1.71. The molecule has 1 aromatic rings. The summed E-state index contributed by atoms with van der Waals surface area (Å²) in [5.41, 5.74) is 0.238. The first-order valence-corrected chi connectivity index (χ1v) is 6.60. The fourth-order valence-electron chi connectivity index (χ4n) is 1.10. The smallest absolute Gasteiger partial charge is 0.294 e. The van der Waals surface area contributed by atoms with Gasteiger partial charge in [0, 0.05) is 12.6 Å². The van der Waals surface area contributed by atoms with Crippen molar-refractivity contribution in [3.63, 3.8) is 0 Å². The number of aliphatic hydroxyl groups excluding tert-OH is 1. The zero-order valence-electron chi connectivity index (χ0n) is 8.67. The van der Waals surface area contributed by atoms with Crippen molar-refractivity contribution >= 4 is 27.4 Å². The average Bonchev–Trinajstić information content (AvgIpc) is 2.25. The lowest BCUT2D eigenvalue weighted by atomic mass is 10.3. The second-order valence-corrected chi connectivity index (χ2v) is 5.07. The summed E-state index contributed by atoms with van der Waals surface area (Å²) in [6.45, 7) is 0.113. The van der Waals surface area contributed by atoms with Gasteiger partial charge < -0.3 is 15.5 Å². The lowest BCUT2D eigenvalue weighted by molar-refractivity contribution is 0.211. The summed E-state index contributed by atoms with van der Waals surface area (Å²) in [4.78, 5) is -0.404. The van der Waals surface area contributed by atoms with Crippen molar-refractivity contribution < 1.29 is 23.2 Å². The van der Waals surface area contributed by atoms with Gasteiger partial charge in [-0.05, 0) is 12.1 Å². The first-order chi connectivity index (χ1) is 7.84. The number of alkyl halides is 1. The molecule has 0 amide bonds. The molecule has 0 heterocycles. The Morgan fingerprint density at radius 2 is 2.06 bits per heavy atom. The molecule has 0 radical (unpaired) electrons. The molecule has 1 rings (SSSR count). The standard InChI is InChI=1S/C9H12ClNO5S/c10-4-6(12)5-11-8-2-1-7(3-9(8)13)17(14,15)16/h1-3,6,11-13H,4-5H2,(H,14,15,16). The van der Waals surface area contributed by atoms with Gasteiger partial charge in [0.1, 0.15) is 5.75 Å². The highest BCUT2D eigenvalue weighted by atomic mass is 35.5. The van der Waals surface area contributed by atoms with E-state index in [1.54, 1.807) is 0 Å². The van der Waals surface area contributed by atoms with Crippen LogP contribution in [0.2, 0.25) is 0 Å². The van der Waals surface area contributed by atoms with Crippen molar-refractivity contribution in [2.75, 3.05) is 17.7 Å². The summed E-state index contributed by atoms with van der Waals surface area (Å²) in [5, 5.41) is 21.4. The Morgan fingerprint density at radius 3 is 2.53 bits per heavy atom. The molecule has 0 aromatic heterocycles. The first kappa shape index (κ1) is 14.0. The molecule has 0 fully saturated rings. The zero-order chi connectivity index (χ0) is 13.1. The van der Waals surface area contributed by atoms with E-state index in [1.165, 1.54) is 6.07 Å². The van der Waals surface area contributed by atoms with E-state index >= 15 is 0 Å². The van der Waals surface area contributed by atoms with Crippen molar-refractivity contribution in [1.29, 1.82) is 0 Å². The number of benzene rings is 1. The highest BCUT2D eigenvalue weighted by molar-refractivity contribution is 7.85. The predicted molar refractivity (Wildman–Crippen MR) is 63.1 cm³/mol. The number of aliphatic hydroxyl groups is 1. The van der Waals surface area contributed by atoms with Crippen molar-refractivity contribution in [2.45, 2.75) is 11.0 Å². The maximum absolute atomic E-state index is 10.8. The maximum atomic E-state index is 10.8. The number of anilines is 1. The van der Waals surface area contributed by atoms with Gasteiger partial charge in [-0.3, -0.25) is 4.55 Å². The molecule has 0 aliphatic heterocycles. The number of hydrogen-bond donors (Lipinski definition) is 4. The summed E-state index contributed by atoms with van der Waals surface area (Å²) in [5.74, 6) is -0.307. The van der Waals surface area contributed by atoms with Gasteiger partial charge in [0.05, 0.1) is 22.6 Å². The summed E-state index contributed by atoms with van der Waals surface area (Å²) < 4.78 is 30.3. The lowest BCUT2D eigenvalue weighted by Crippen LogP contribution is -2.20. The molecule has 0 spiro atoms. The zero-order valence-corrected chi connectivity index (χ0v) is 10.2. The Balaban J connectivity index is 2.84. The molecule has 6 nitrogen and oxygen atoms in total. The molecule has 1 unspecified atom stereocenters. The number of phenolic OH excluding ortho intramolecular Hbond substituents is 1. The summed E-state index contributed by atoms with van der Waals surface area (Å²) in [6.07, 6.45) is -0.780. The van der Waals surface area contributed by atoms with Gasteiger partial charge in [0.15, 0.2) is 0 Å². The molecule has 1 aromatic carbocycles. The van der Waals surface area contributed by atoms with Gasteiger partial charge in [-0.2, -0.15) is 8.42 Å². The van der Waals surface area contributed by atoms with E-state index in [1.807, 2.05) is 0 Å². The molecule has 0 bridgehead atoms. The van der Waals surface area contributed by atoms with Crippen LogP contribution in [-0.4, -0.2) is 41.7 Å². The Labute approximate surface area is 104 Å². The molecule has 0 aliphatic carbocycles. The third-order valence-corrected chi connectivity index (χ3v) is 3.18. The van der Waals surface area contributed by atoms with E-state index in [4.69, 9.17) is 16.2 Å². The van der Waals surface area contributed by atoms with Gasteiger partial charge >= 0.3 is 0 Å². The number of hydrogen-bond acceptors (Lipinski definition) is 5. The van der Waals surface area contributed by atoms with Gasteiger partial charge in [0.25, 0.3) is 10.1 Å². The van der Waals surface area contributed by atoms with Crippen LogP contribution in [0.25, 0.3) is 0 Å². The monoisotopic (exact) mass is 281 g/mol. The molecule has 1 atom stereocenters. The Kier molecular flexibility index (Phi) is 4.58. The number of nitrogens with one attached hydrogen (secondary N) is 1. The second-order valence-electron chi connectivity index (χ2n) is 3.34. The van der Waals surface area contributed by atoms with Crippen LogP contribution >= 0.6 is 11.6 Å². The summed E-state index contributed by atoms with van der Waals surface area (Å²) in [6, 6.07) is 3.31. The van der Waals surface area contributed by atoms with Crippen molar-refractivity contribution in [2.24, 2.45) is 0 Å². The van der Waals surface area contributed by atoms with Crippen LogP contribution in [0, 0.1) is 0 Å². The van der Waals surface area contributed by atoms with Crippen LogP contribution in [0.5, 0.6) is 5.75 Å². The van der Waals surface area contributed by atoms with Crippen molar-refractivity contribution in [3.05, 3.63) is 18.2 Å². The maximum Gasteiger partial charge on any atom is 0.294 e. The second kappa shape index (κ2) is 5.54. The van der Waals surface area contributed by atoms with Crippen LogP contribution in [0.3, 0.4) is 0 Å². The van der Waals surface area contributed by atoms with E-state index in [2.05, 4.69) is 5.32 Å². The number of phenols is 1. The predicted octanol–water partition coefficient (Wildman–Crippen LogP) is 0.650. The number of halogens is 1. The van der Waals surface area contributed by atoms with E-state index in [0.29, 0.717) is 0 Å². The quantitative estimate of drug-likeness (QED) is 0.359. The third-order valence-electron chi connectivity index (χ3n) is 1.97. The van der Waals surface area contributed by atoms with Crippen LogP contribution in [0.15, 0.2) is 23.1 Å². The van der Waals surface area contributed by atoms with Crippen LogP contribution < -0.4 is 5.32 Å². The Morgan fingerprint density at radius 1 is 1.41 bits per heavy atom. The first-order valence-electron chi connectivity index (χ1n) is 4.63. The largest absolute Gasteiger partial charge is 0.506 e. The minimum absolute atomic E-state index is 0.0386. The topological polar surface area (TPSA) is 107 Å². The lowest BCUT2D eigenvalue weighted by Gasteiger charge is -2.11. The minimum atomic E-state index is -4.34. The van der Waals surface area contributed by atoms with Crippen molar-refractivity contribution in [1.82, 2.24) is 0 Å². The van der Waals surface area contributed by atoms with Gasteiger partial charge in [-0.15, -0.1) is 11.6 Å². The van der Waals surface area contributed by atoms with Crippen molar-refractivity contribution in [3.8, 4) is 5.75 Å².